The molecule has 0 heterocycles. The second kappa shape index (κ2) is 8.60. The number of anilines is 1. The maximum Gasteiger partial charge on any atom is 0.242 e. The summed E-state index contributed by atoms with van der Waals surface area (Å²) >= 11 is 6.04. The first kappa shape index (κ1) is 21.0. The van der Waals surface area contributed by atoms with Crippen LogP contribution in [0.3, 0.4) is 0 Å². The summed E-state index contributed by atoms with van der Waals surface area (Å²) in [7, 11) is -0.967. The molecule has 0 unspecified atom stereocenters. The van der Waals surface area contributed by atoms with Crippen LogP contribution in [-0.4, -0.2) is 34.6 Å². The van der Waals surface area contributed by atoms with Crippen LogP contribution < -0.4 is 19.5 Å². The van der Waals surface area contributed by atoms with E-state index in [-0.39, 0.29) is 4.90 Å². The molecule has 27 heavy (non-hydrogen) atoms. The van der Waals surface area contributed by atoms with Gasteiger partial charge in [-0.3, -0.25) is 4.79 Å². The van der Waals surface area contributed by atoms with Crippen molar-refractivity contribution >= 4 is 33.2 Å². The van der Waals surface area contributed by atoms with Crippen LogP contribution in [0.4, 0.5) is 5.69 Å². The van der Waals surface area contributed by atoms with E-state index >= 15 is 0 Å². The van der Waals surface area contributed by atoms with Crippen LogP contribution in [0.1, 0.15) is 12.5 Å². The van der Waals surface area contributed by atoms with Gasteiger partial charge in [0.25, 0.3) is 0 Å². The summed E-state index contributed by atoms with van der Waals surface area (Å²) in [4.78, 5) is 12.5. The minimum absolute atomic E-state index is 0.0819. The van der Waals surface area contributed by atoms with E-state index in [4.69, 9.17) is 21.1 Å². The second-order valence-electron chi connectivity index (χ2n) is 5.83. The smallest absolute Gasteiger partial charge is 0.242 e. The first-order valence-corrected chi connectivity index (χ1v) is 9.85. The van der Waals surface area contributed by atoms with Gasteiger partial charge in [0.05, 0.1) is 35.9 Å². The fraction of sp³-hybridized carbons (Fsp3) is 0.278. The quantitative estimate of drug-likeness (QED) is 0.729. The molecule has 146 valence electrons. The van der Waals surface area contributed by atoms with Crippen LogP contribution in [-0.2, 0) is 14.8 Å². The molecule has 1 atom stereocenters. The van der Waals surface area contributed by atoms with Crippen molar-refractivity contribution in [1.82, 2.24) is 4.72 Å². The Hall–Kier alpha value is -2.29. The fourth-order valence-corrected chi connectivity index (χ4v) is 3.70. The third-order valence-corrected chi connectivity index (χ3v) is 5.64. The monoisotopic (exact) mass is 412 g/mol. The van der Waals surface area contributed by atoms with E-state index in [1.165, 1.54) is 45.4 Å². The lowest BCUT2D eigenvalue weighted by molar-refractivity contribution is -0.117. The van der Waals surface area contributed by atoms with Gasteiger partial charge in [-0.1, -0.05) is 29.3 Å². The van der Waals surface area contributed by atoms with Crippen molar-refractivity contribution in [2.45, 2.75) is 24.8 Å². The zero-order valence-corrected chi connectivity index (χ0v) is 16.9. The fourth-order valence-electron chi connectivity index (χ4n) is 2.27. The third kappa shape index (κ3) is 5.12. The Morgan fingerprint density at radius 3 is 2.22 bits per heavy atom. The summed E-state index contributed by atoms with van der Waals surface area (Å²) in [5, 5.41) is 2.94. The lowest BCUT2D eigenvalue weighted by atomic mass is 10.2. The van der Waals surface area contributed by atoms with Crippen LogP contribution in [0, 0.1) is 6.92 Å². The number of carbonyl (C=O) groups excluding carboxylic acids is 1. The molecule has 0 saturated heterocycles. The number of rotatable bonds is 7. The normalized spacial score (nSPS) is 12.3. The summed E-state index contributed by atoms with van der Waals surface area (Å²) in [6.07, 6.45) is 0. The summed E-state index contributed by atoms with van der Waals surface area (Å²) in [6, 6.07) is 8.30. The minimum Gasteiger partial charge on any atom is -0.495 e. The lowest BCUT2D eigenvalue weighted by Crippen LogP contribution is -2.41. The van der Waals surface area contributed by atoms with Gasteiger partial charge >= 0.3 is 0 Å². The highest BCUT2D eigenvalue weighted by atomic mass is 35.5. The van der Waals surface area contributed by atoms with Crippen molar-refractivity contribution in [2.24, 2.45) is 0 Å². The average Bonchev–Trinajstić information content (AvgIpc) is 2.62. The number of nitrogens with one attached hydrogen (secondary N) is 2. The molecule has 0 saturated carbocycles. The molecule has 0 radical (unpaired) electrons. The molecular formula is C18H21ClN2O5S. The topological polar surface area (TPSA) is 93.7 Å². The number of halogens is 1. The van der Waals surface area contributed by atoms with Crippen LogP contribution in [0.25, 0.3) is 0 Å². The van der Waals surface area contributed by atoms with E-state index in [0.717, 1.165) is 5.56 Å². The molecule has 0 fully saturated rings. The molecule has 2 aromatic carbocycles. The third-order valence-electron chi connectivity index (χ3n) is 3.79. The van der Waals surface area contributed by atoms with Crippen molar-refractivity contribution in [3.63, 3.8) is 0 Å². The van der Waals surface area contributed by atoms with Gasteiger partial charge in [-0.05, 0) is 26.0 Å². The Bertz CT molecular complexity index is 930. The molecule has 2 aromatic rings. The second-order valence-corrected chi connectivity index (χ2v) is 7.95. The van der Waals surface area contributed by atoms with E-state index in [2.05, 4.69) is 10.0 Å². The van der Waals surface area contributed by atoms with Gasteiger partial charge in [0.1, 0.15) is 11.5 Å². The van der Waals surface area contributed by atoms with Gasteiger partial charge in [0, 0.05) is 12.1 Å². The molecule has 2 rings (SSSR count). The Morgan fingerprint density at radius 1 is 1.07 bits per heavy atom. The lowest BCUT2D eigenvalue weighted by Gasteiger charge is -2.17. The summed E-state index contributed by atoms with van der Waals surface area (Å²) in [5.41, 5.74) is 1.24. The average molecular weight is 413 g/mol. The van der Waals surface area contributed by atoms with Crippen molar-refractivity contribution in [3.8, 4) is 11.5 Å². The van der Waals surface area contributed by atoms with Crippen LogP contribution in [0.15, 0.2) is 41.3 Å². The van der Waals surface area contributed by atoms with Gasteiger partial charge in [0.2, 0.25) is 15.9 Å². The molecule has 0 aliphatic rings. The molecule has 0 aliphatic carbocycles. The molecule has 0 aromatic heterocycles. The number of hydrogen-bond donors (Lipinski definition) is 2. The summed E-state index contributed by atoms with van der Waals surface area (Å²) in [6.45, 7) is 3.30. The zero-order chi connectivity index (χ0) is 20.2. The van der Waals surface area contributed by atoms with E-state index in [1.54, 1.807) is 12.1 Å². The highest BCUT2D eigenvalue weighted by molar-refractivity contribution is 7.89. The molecule has 0 spiro atoms. The first-order chi connectivity index (χ1) is 12.7. The summed E-state index contributed by atoms with van der Waals surface area (Å²) < 4.78 is 37.5. The van der Waals surface area contributed by atoms with Gasteiger partial charge in [-0.2, -0.15) is 4.72 Å². The Kier molecular flexibility index (Phi) is 6.69. The highest BCUT2D eigenvalue weighted by Gasteiger charge is 2.23. The molecule has 1 amide bonds. The van der Waals surface area contributed by atoms with E-state index in [9.17, 15) is 13.2 Å². The Morgan fingerprint density at radius 2 is 1.67 bits per heavy atom. The van der Waals surface area contributed by atoms with Crippen LogP contribution in [0.5, 0.6) is 11.5 Å². The number of sulfonamides is 1. The van der Waals surface area contributed by atoms with E-state index in [1.807, 2.05) is 6.92 Å². The predicted octanol–water partition coefficient (Wildman–Crippen LogP) is 2.97. The number of amides is 1. The SMILES string of the molecule is COc1cc(NC(=O)[C@@H](C)NS(=O)(=O)c2ccc(C)cc2)c(OC)cc1Cl. The van der Waals surface area contributed by atoms with Crippen LogP contribution >= 0.6 is 11.6 Å². The molecule has 2 N–H and O–H groups in total. The van der Waals surface area contributed by atoms with Crippen molar-refractivity contribution in [1.29, 1.82) is 0 Å². The van der Waals surface area contributed by atoms with Crippen molar-refractivity contribution in [2.75, 3.05) is 19.5 Å². The maximum absolute atomic E-state index is 12.5. The predicted molar refractivity (Wildman–Crippen MR) is 104 cm³/mol. The first-order valence-electron chi connectivity index (χ1n) is 7.99. The van der Waals surface area contributed by atoms with Gasteiger partial charge in [-0.25, -0.2) is 8.42 Å². The Balaban J connectivity index is 2.17. The van der Waals surface area contributed by atoms with E-state index in [0.29, 0.717) is 22.2 Å². The Labute approximate surface area is 163 Å². The van der Waals surface area contributed by atoms with E-state index < -0.39 is 22.0 Å². The molecular weight excluding hydrogens is 392 g/mol. The number of ether oxygens (including phenoxy) is 2. The number of methoxy groups -OCH3 is 2. The van der Waals surface area contributed by atoms with Crippen LogP contribution in [0.2, 0.25) is 5.02 Å². The number of aryl methyl sites for hydroxylation is 1. The highest BCUT2D eigenvalue weighted by Crippen LogP contribution is 2.35. The van der Waals surface area contributed by atoms with Gasteiger partial charge in [-0.15, -0.1) is 0 Å². The molecule has 0 bridgehead atoms. The number of hydrogen-bond acceptors (Lipinski definition) is 5. The summed E-state index contributed by atoms with van der Waals surface area (Å²) in [5.74, 6) is 0.108. The maximum atomic E-state index is 12.5. The molecule has 9 heteroatoms. The standard InChI is InChI=1S/C18H21ClN2O5S/c1-11-5-7-13(8-6-11)27(23,24)21-12(2)18(22)20-15-10-16(25-3)14(19)9-17(15)26-4/h5-10,12,21H,1-4H3,(H,20,22)/t12-/m1/s1. The van der Waals surface area contributed by atoms with Gasteiger partial charge in [0.15, 0.2) is 0 Å². The zero-order valence-electron chi connectivity index (χ0n) is 15.4. The largest absolute Gasteiger partial charge is 0.495 e. The molecule has 0 aliphatic heterocycles. The minimum atomic E-state index is -3.84. The molecule has 7 nitrogen and oxygen atoms in total. The number of carbonyl (C=O) groups is 1. The number of benzene rings is 2. The van der Waals surface area contributed by atoms with Gasteiger partial charge < -0.3 is 14.8 Å². The van der Waals surface area contributed by atoms with Crippen molar-refractivity contribution < 1.29 is 22.7 Å². The van der Waals surface area contributed by atoms with Crippen molar-refractivity contribution in [3.05, 3.63) is 47.0 Å².